The van der Waals surface area contributed by atoms with E-state index in [0.29, 0.717) is 6.54 Å². The Kier molecular flexibility index (Phi) is 5.28. The molecule has 1 saturated carbocycles. The van der Waals surface area contributed by atoms with Gasteiger partial charge in [0.2, 0.25) is 0 Å². The Labute approximate surface area is 144 Å². The van der Waals surface area contributed by atoms with Crippen molar-refractivity contribution in [3.05, 3.63) is 65.2 Å². The van der Waals surface area contributed by atoms with E-state index in [1.165, 1.54) is 12.1 Å². The Morgan fingerprint density at radius 3 is 2.44 bits per heavy atom. The second kappa shape index (κ2) is 7.61. The van der Waals surface area contributed by atoms with Gasteiger partial charge in [0, 0.05) is 30.8 Å². The van der Waals surface area contributed by atoms with Crippen molar-refractivity contribution >= 4 is 5.97 Å². The molecule has 0 spiro atoms. The van der Waals surface area contributed by atoms with Gasteiger partial charge in [-0.05, 0) is 37.0 Å². The van der Waals surface area contributed by atoms with E-state index >= 15 is 0 Å². The van der Waals surface area contributed by atoms with Gasteiger partial charge in [-0.25, -0.2) is 13.6 Å². The topological polar surface area (TPSA) is 58.6 Å². The number of hydrogen-bond acceptors (Lipinski definition) is 3. The fourth-order valence-electron chi connectivity index (χ4n) is 3.09. The van der Waals surface area contributed by atoms with Crippen LogP contribution in [-0.2, 0) is 6.54 Å². The molecule has 2 N–H and O–H groups in total. The highest BCUT2D eigenvalue weighted by Crippen LogP contribution is 2.26. The van der Waals surface area contributed by atoms with Crippen molar-refractivity contribution in [2.75, 3.05) is 0 Å². The third-order valence-corrected chi connectivity index (χ3v) is 4.35. The van der Waals surface area contributed by atoms with E-state index in [-0.39, 0.29) is 23.5 Å². The molecule has 0 heterocycles. The van der Waals surface area contributed by atoms with Crippen molar-refractivity contribution < 1.29 is 23.4 Å². The smallest absolute Gasteiger partial charge is 0.335 e. The van der Waals surface area contributed by atoms with Crippen LogP contribution in [0.5, 0.6) is 5.75 Å². The minimum absolute atomic E-state index is 0.0745. The first-order valence-corrected chi connectivity index (χ1v) is 8.19. The van der Waals surface area contributed by atoms with E-state index in [9.17, 15) is 13.6 Å². The molecule has 3 rings (SSSR count). The molecule has 0 aliphatic heterocycles. The standard InChI is InChI=1S/C19H19F2NO3/c20-14-8-15(21)10-16(9-14)25-18-3-1-2-17(18)22-11-12-4-6-13(7-5-12)19(23)24/h4-10,17-18,22H,1-3,11H2,(H,23,24)/t17-,18+/m0/s1. The highest BCUT2D eigenvalue weighted by Gasteiger charge is 2.28. The van der Waals surface area contributed by atoms with E-state index < -0.39 is 17.6 Å². The molecule has 0 bridgehead atoms. The zero-order valence-corrected chi connectivity index (χ0v) is 13.5. The summed E-state index contributed by atoms with van der Waals surface area (Å²) in [4.78, 5) is 10.9. The third kappa shape index (κ3) is 4.54. The maximum Gasteiger partial charge on any atom is 0.335 e. The van der Waals surface area contributed by atoms with Gasteiger partial charge in [-0.15, -0.1) is 0 Å². The summed E-state index contributed by atoms with van der Waals surface area (Å²) in [5.74, 6) is -2.07. The quantitative estimate of drug-likeness (QED) is 0.835. The Bertz CT molecular complexity index is 729. The second-order valence-corrected chi connectivity index (χ2v) is 6.18. The zero-order valence-electron chi connectivity index (χ0n) is 13.5. The van der Waals surface area contributed by atoms with E-state index in [2.05, 4.69) is 5.32 Å². The van der Waals surface area contributed by atoms with Crippen molar-refractivity contribution in [3.63, 3.8) is 0 Å². The first-order chi connectivity index (χ1) is 12.0. The van der Waals surface area contributed by atoms with Crippen LogP contribution in [0.1, 0.15) is 35.2 Å². The minimum Gasteiger partial charge on any atom is -0.489 e. The Hall–Kier alpha value is -2.47. The molecule has 0 aromatic heterocycles. The molecule has 2 aromatic carbocycles. The molecule has 0 saturated heterocycles. The predicted octanol–water partition coefficient (Wildman–Crippen LogP) is 3.75. The molecule has 25 heavy (non-hydrogen) atoms. The van der Waals surface area contributed by atoms with Crippen LogP contribution in [0.15, 0.2) is 42.5 Å². The molecule has 0 unspecified atom stereocenters. The van der Waals surface area contributed by atoms with Crippen LogP contribution in [-0.4, -0.2) is 23.2 Å². The van der Waals surface area contributed by atoms with Gasteiger partial charge in [-0.1, -0.05) is 12.1 Å². The predicted molar refractivity (Wildman–Crippen MR) is 88.7 cm³/mol. The summed E-state index contributed by atoms with van der Waals surface area (Å²) in [6.07, 6.45) is 2.54. The van der Waals surface area contributed by atoms with Crippen LogP contribution in [0.4, 0.5) is 8.78 Å². The van der Waals surface area contributed by atoms with E-state index in [1.54, 1.807) is 24.3 Å². The second-order valence-electron chi connectivity index (χ2n) is 6.18. The number of carboxylic acid groups (broad SMARTS) is 1. The fourth-order valence-corrected chi connectivity index (χ4v) is 3.09. The number of hydrogen-bond donors (Lipinski definition) is 2. The van der Waals surface area contributed by atoms with Crippen molar-refractivity contribution in [3.8, 4) is 5.75 Å². The highest BCUT2D eigenvalue weighted by molar-refractivity contribution is 5.87. The Morgan fingerprint density at radius 2 is 1.80 bits per heavy atom. The van der Waals surface area contributed by atoms with Gasteiger partial charge in [-0.2, -0.15) is 0 Å². The number of nitrogens with one attached hydrogen (secondary N) is 1. The van der Waals surface area contributed by atoms with Crippen LogP contribution in [0.25, 0.3) is 0 Å². The number of aromatic carboxylic acids is 1. The molecule has 2 aromatic rings. The van der Waals surface area contributed by atoms with Gasteiger partial charge in [0.15, 0.2) is 0 Å². The lowest BCUT2D eigenvalue weighted by Crippen LogP contribution is -2.38. The number of rotatable bonds is 6. The van der Waals surface area contributed by atoms with Crippen LogP contribution in [0.3, 0.4) is 0 Å². The van der Waals surface area contributed by atoms with Gasteiger partial charge in [-0.3, -0.25) is 0 Å². The summed E-state index contributed by atoms with van der Waals surface area (Å²) >= 11 is 0. The molecule has 0 amide bonds. The molecule has 1 aliphatic carbocycles. The number of carbonyl (C=O) groups is 1. The van der Waals surface area contributed by atoms with Gasteiger partial charge in [0.25, 0.3) is 0 Å². The van der Waals surface area contributed by atoms with Crippen molar-refractivity contribution in [2.24, 2.45) is 0 Å². The van der Waals surface area contributed by atoms with Gasteiger partial charge in [0.05, 0.1) is 5.56 Å². The normalized spacial score (nSPS) is 19.8. The molecule has 4 nitrogen and oxygen atoms in total. The summed E-state index contributed by atoms with van der Waals surface area (Å²) in [5.41, 5.74) is 1.21. The van der Waals surface area contributed by atoms with E-state index in [4.69, 9.17) is 9.84 Å². The van der Waals surface area contributed by atoms with Crippen LogP contribution in [0.2, 0.25) is 0 Å². The van der Waals surface area contributed by atoms with Gasteiger partial charge >= 0.3 is 5.97 Å². The average Bonchev–Trinajstić information content (AvgIpc) is 2.99. The molecular formula is C19H19F2NO3. The largest absolute Gasteiger partial charge is 0.489 e. The lowest BCUT2D eigenvalue weighted by molar-refractivity contribution is 0.0697. The van der Waals surface area contributed by atoms with Crippen LogP contribution in [0, 0.1) is 11.6 Å². The van der Waals surface area contributed by atoms with Crippen LogP contribution < -0.4 is 10.1 Å². The number of halogens is 2. The average molecular weight is 347 g/mol. The monoisotopic (exact) mass is 347 g/mol. The first kappa shape index (κ1) is 17.4. The van der Waals surface area contributed by atoms with Crippen molar-refractivity contribution in [1.82, 2.24) is 5.32 Å². The summed E-state index contributed by atoms with van der Waals surface area (Å²) in [6.45, 7) is 0.571. The maximum atomic E-state index is 13.3. The molecular weight excluding hydrogens is 328 g/mol. The Morgan fingerprint density at radius 1 is 1.12 bits per heavy atom. The zero-order chi connectivity index (χ0) is 17.8. The SMILES string of the molecule is O=C(O)c1ccc(CN[C@H]2CCC[C@H]2Oc2cc(F)cc(F)c2)cc1. The van der Waals surface area contributed by atoms with Gasteiger partial charge < -0.3 is 15.2 Å². The maximum absolute atomic E-state index is 13.3. The molecule has 0 radical (unpaired) electrons. The summed E-state index contributed by atoms with van der Waals surface area (Å²) in [5, 5.41) is 12.3. The van der Waals surface area contributed by atoms with Crippen molar-refractivity contribution in [2.45, 2.75) is 38.0 Å². The summed E-state index contributed by atoms with van der Waals surface area (Å²) < 4.78 is 32.3. The number of carboxylic acids is 1. The van der Waals surface area contributed by atoms with Crippen LogP contribution >= 0.6 is 0 Å². The van der Waals surface area contributed by atoms with Crippen molar-refractivity contribution in [1.29, 1.82) is 0 Å². The van der Waals surface area contributed by atoms with E-state index in [0.717, 1.165) is 30.9 Å². The highest BCUT2D eigenvalue weighted by atomic mass is 19.1. The third-order valence-electron chi connectivity index (χ3n) is 4.35. The first-order valence-electron chi connectivity index (χ1n) is 8.19. The molecule has 1 fully saturated rings. The summed E-state index contributed by atoms with van der Waals surface area (Å²) in [7, 11) is 0. The molecule has 132 valence electrons. The van der Waals surface area contributed by atoms with Gasteiger partial charge in [0.1, 0.15) is 23.5 Å². The Balaban J connectivity index is 1.59. The number of ether oxygens (including phenoxy) is 1. The molecule has 1 aliphatic rings. The lowest BCUT2D eigenvalue weighted by atomic mass is 10.1. The molecule has 2 atom stereocenters. The number of benzene rings is 2. The summed E-state index contributed by atoms with van der Waals surface area (Å²) in [6, 6.07) is 9.93. The fraction of sp³-hybridized carbons (Fsp3) is 0.316. The lowest BCUT2D eigenvalue weighted by Gasteiger charge is -2.22. The minimum atomic E-state index is -0.953. The molecule has 6 heteroatoms. The van der Waals surface area contributed by atoms with E-state index in [1.807, 2.05) is 0 Å².